The number of nitrogens with zero attached hydrogens (tertiary/aromatic N) is 2. The number of rotatable bonds is 5. The molecule has 0 aliphatic carbocycles. The monoisotopic (exact) mass is 444 g/mol. The Balaban J connectivity index is 1.42. The van der Waals surface area contributed by atoms with Gasteiger partial charge in [0.15, 0.2) is 5.76 Å². The number of fused-ring (bicyclic) bond motifs is 1. The number of para-hydroxylation sites is 1. The summed E-state index contributed by atoms with van der Waals surface area (Å²) in [5.74, 6) is -0.707. The van der Waals surface area contributed by atoms with Crippen molar-refractivity contribution >= 4 is 23.2 Å². The second-order valence-corrected chi connectivity index (χ2v) is 7.92. The fraction of sp³-hybridized carbons (Fsp3) is 0.240. The van der Waals surface area contributed by atoms with Gasteiger partial charge in [-0.05, 0) is 12.1 Å². The topological polar surface area (TPSA) is 96.2 Å². The van der Waals surface area contributed by atoms with Crippen LogP contribution in [-0.2, 0) is 16.1 Å². The summed E-state index contributed by atoms with van der Waals surface area (Å²) in [5, 5.41) is 5.63. The fourth-order valence-corrected chi connectivity index (χ4v) is 4.03. The van der Waals surface area contributed by atoms with Crippen molar-refractivity contribution in [2.75, 3.05) is 31.6 Å². The molecule has 5 rings (SSSR count). The second kappa shape index (κ2) is 9.40. The van der Waals surface area contributed by atoms with E-state index >= 15 is 0 Å². The molecular weight excluding hydrogens is 420 g/mol. The van der Waals surface area contributed by atoms with Crippen molar-refractivity contribution < 1.29 is 18.7 Å². The molecule has 0 spiro atoms. The van der Waals surface area contributed by atoms with Crippen LogP contribution in [0.3, 0.4) is 0 Å². The van der Waals surface area contributed by atoms with Crippen LogP contribution in [0.25, 0.3) is 0 Å². The second-order valence-electron chi connectivity index (χ2n) is 7.92. The molecule has 2 amide bonds. The van der Waals surface area contributed by atoms with Crippen LogP contribution in [0.4, 0.5) is 5.69 Å². The summed E-state index contributed by atoms with van der Waals surface area (Å²) in [6, 6.07) is 18.8. The van der Waals surface area contributed by atoms with Gasteiger partial charge in [-0.3, -0.25) is 14.5 Å². The van der Waals surface area contributed by atoms with Crippen molar-refractivity contribution in [1.82, 2.24) is 10.2 Å². The molecule has 33 heavy (non-hydrogen) atoms. The van der Waals surface area contributed by atoms with E-state index in [9.17, 15) is 9.59 Å². The average molecular weight is 444 g/mol. The Morgan fingerprint density at radius 3 is 2.64 bits per heavy atom. The third-order valence-corrected chi connectivity index (χ3v) is 5.71. The number of aliphatic imine (C=N–C) groups is 1. The van der Waals surface area contributed by atoms with Gasteiger partial charge in [-0.15, -0.1) is 0 Å². The summed E-state index contributed by atoms with van der Waals surface area (Å²) in [6.07, 6.45) is 0.383. The van der Waals surface area contributed by atoms with E-state index in [0.717, 1.165) is 29.8 Å². The number of benzene rings is 2. The molecule has 2 aliphatic rings. The van der Waals surface area contributed by atoms with Crippen LogP contribution in [-0.4, -0.2) is 54.9 Å². The Kier molecular flexibility index (Phi) is 6.01. The SMILES string of the molecule is O=C(NC1N=C(c2ccccc2)c2ccccc2NC1=O)c1occc1CN1CCOCC1. The number of hydrogen-bond acceptors (Lipinski definition) is 6. The minimum atomic E-state index is -1.11. The molecule has 168 valence electrons. The van der Waals surface area contributed by atoms with E-state index < -0.39 is 18.0 Å². The van der Waals surface area contributed by atoms with Crippen LogP contribution in [0.15, 0.2) is 76.3 Å². The maximum Gasteiger partial charge on any atom is 0.289 e. The maximum atomic E-state index is 13.1. The molecule has 2 aliphatic heterocycles. The maximum absolute atomic E-state index is 13.1. The first kappa shape index (κ1) is 21.1. The molecule has 1 unspecified atom stereocenters. The molecule has 0 radical (unpaired) electrons. The van der Waals surface area contributed by atoms with Crippen molar-refractivity contribution in [1.29, 1.82) is 0 Å². The van der Waals surface area contributed by atoms with Crippen LogP contribution in [0.1, 0.15) is 27.2 Å². The van der Waals surface area contributed by atoms with Gasteiger partial charge in [0, 0.05) is 36.3 Å². The molecule has 1 atom stereocenters. The number of amides is 2. The zero-order chi connectivity index (χ0) is 22.6. The van der Waals surface area contributed by atoms with E-state index in [1.165, 1.54) is 6.26 Å². The Labute approximate surface area is 191 Å². The van der Waals surface area contributed by atoms with E-state index in [4.69, 9.17) is 9.15 Å². The molecule has 0 bridgehead atoms. The molecule has 1 saturated heterocycles. The number of furan rings is 1. The molecule has 2 N–H and O–H groups in total. The quantitative estimate of drug-likeness (QED) is 0.631. The Morgan fingerprint density at radius 2 is 1.82 bits per heavy atom. The van der Waals surface area contributed by atoms with Gasteiger partial charge in [-0.25, -0.2) is 4.99 Å². The summed E-state index contributed by atoms with van der Waals surface area (Å²) in [4.78, 5) is 33.0. The molecule has 8 nitrogen and oxygen atoms in total. The van der Waals surface area contributed by atoms with E-state index in [-0.39, 0.29) is 5.76 Å². The third kappa shape index (κ3) is 4.57. The average Bonchev–Trinajstić information content (AvgIpc) is 3.26. The minimum absolute atomic E-state index is 0.188. The Morgan fingerprint density at radius 1 is 1.06 bits per heavy atom. The van der Waals surface area contributed by atoms with Gasteiger partial charge in [0.2, 0.25) is 6.17 Å². The highest BCUT2D eigenvalue weighted by atomic mass is 16.5. The largest absolute Gasteiger partial charge is 0.459 e. The lowest BCUT2D eigenvalue weighted by molar-refractivity contribution is -0.117. The van der Waals surface area contributed by atoms with Crippen molar-refractivity contribution in [3.05, 3.63) is 89.4 Å². The lowest BCUT2D eigenvalue weighted by atomic mass is 10.0. The van der Waals surface area contributed by atoms with E-state index in [2.05, 4.69) is 20.5 Å². The van der Waals surface area contributed by atoms with Gasteiger partial charge in [0.1, 0.15) is 0 Å². The summed E-state index contributed by atoms with van der Waals surface area (Å²) < 4.78 is 10.9. The number of carbonyl (C=O) groups is 2. The first-order valence-electron chi connectivity index (χ1n) is 10.9. The zero-order valence-corrected chi connectivity index (χ0v) is 18.0. The first-order valence-corrected chi connectivity index (χ1v) is 10.9. The van der Waals surface area contributed by atoms with Crippen LogP contribution in [0, 0.1) is 0 Å². The predicted molar refractivity (Wildman–Crippen MR) is 123 cm³/mol. The predicted octanol–water partition coefficient (Wildman–Crippen LogP) is 2.66. The lowest BCUT2D eigenvalue weighted by Gasteiger charge is -2.26. The van der Waals surface area contributed by atoms with Crippen molar-refractivity contribution in [3.8, 4) is 0 Å². The molecule has 3 heterocycles. The molecule has 3 aromatic rings. The molecular formula is C25H24N4O4. The van der Waals surface area contributed by atoms with Gasteiger partial charge in [0.25, 0.3) is 11.8 Å². The fourth-order valence-electron chi connectivity index (χ4n) is 4.03. The van der Waals surface area contributed by atoms with Gasteiger partial charge in [-0.2, -0.15) is 0 Å². The highest BCUT2D eigenvalue weighted by molar-refractivity contribution is 6.20. The minimum Gasteiger partial charge on any atom is -0.459 e. The van der Waals surface area contributed by atoms with Crippen LogP contribution < -0.4 is 10.6 Å². The molecule has 1 aromatic heterocycles. The Bertz CT molecular complexity index is 1180. The summed E-state index contributed by atoms with van der Waals surface area (Å²) in [7, 11) is 0. The van der Waals surface area contributed by atoms with Crippen LogP contribution in [0.2, 0.25) is 0 Å². The third-order valence-electron chi connectivity index (χ3n) is 5.71. The van der Waals surface area contributed by atoms with Crippen LogP contribution in [0.5, 0.6) is 0 Å². The highest BCUT2D eigenvalue weighted by Gasteiger charge is 2.29. The van der Waals surface area contributed by atoms with Crippen LogP contribution >= 0.6 is 0 Å². The van der Waals surface area contributed by atoms with E-state index in [1.807, 2.05) is 54.6 Å². The number of morpholine rings is 1. The number of benzodiazepines with no additional fused rings is 1. The molecule has 1 fully saturated rings. The number of hydrogen-bond donors (Lipinski definition) is 2. The highest BCUT2D eigenvalue weighted by Crippen LogP contribution is 2.24. The van der Waals surface area contributed by atoms with Gasteiger partial charge in [0.05, 0.1) is 30.9 Å². The number of carbonyl (C=O) groups excluding carboxylic acids is 2. The van der Waals surface area contributed by atoms with Crippen molar-refractivity contribution in [2.24, 2.45) is 4.99 Å². The Hall–Kier alpha value is -3.75. The lowest BCUT2D eigenvalue weighted by Crippen LogP contribution is -2.42. The van der Waals surface area contributed by atoms with Gasteiger partial charge >= 0.3 is 0 Å². The molecule has 2 aromatic carbocycles. The number of anilines is 1. The molecule has 0 saturated carbocycles. The van der Waals surface area contributed by atoms with Crippen molar-refractivity contribution in [2.45, 2.75) is 12.7 Å². The number of nitrogens with one attached hydrogen (secondary N) is 2. The normalized spacial score (nSPS) is 18.6. The number of ether oxygens (including phenoxy) is 1. The summed E-state index contributed by atoms with van der Waals surface area (Å²) in [6.45, 7) is 3.49. The van der Waals surface area contributed by atoms with Crippen molar-refractivity contribution in [3.63, 3.8) is 0 Å². The van der Waals surface area contributed by atoms with Gasteiger partial charge < -0.3 is 19.8 Å². The van der Waals surface area contributed by atoms with Gasteiger partial charge in [-0.1, -0.05) is 48.5 Å². The standard InChI is InChI=1S/C25H24N4O4/c30-24(22-18(10-13-33-22)16-29-11-14-32-15-12-29)28-23-25(31)26-20-9-5-4-8-19(20)21(27-23)17-6-2-1-3-7-17/h1-10,13,23H,11-12,14-16H2,(H,26,31)(H,28,30). The summed E-state index contributed by atoms with van der Waals surface area (Å²) in [5.41, 5.74) is 3.68. The van der Waals surface area contributed by atoms with E-state index in [1.54, 1.807) is 6.07 Å². The zero-order valence-electron chi connectivity index (χ0n) is 18.0. The first-order chi connectivity index (χ1) is 16.2. The smallest absolute Gasteiger partial charge is 0.289 e. The van der Waals surface area contributed by atoms with E-state index in [0.29, 0.717) is 31.2 Å². The molecule has 8 heteroatoms. The summed E-state index contributed by atoms with van der Waals surface area (Å²) >= 11 is 0.